The third kappa shape index (κ3) is 5.19. The van der Waals surface area contributed by atoms with Crippen molar-refractivity contribution < 1.29 is 4.79 Å². The second-order valence-electron chi connectivity index (χ2n) is 5.11. The van der Waals surface area contributed by atoms with Crippen molar-refractivity contribution in [3.63, 3.8) is 0 Å². The molecule has 0 aromatic carbocycles. The first-order chi connectivity index (χ1) is 8.50. The van der Waals surface area contributed by atoms with Gasteiger partial charge in [0.1, 0.15) is 0 Å². The van der Waals surface area contributed by atoms with Gasteiger partial charge in [0.25, 0.3) is 0 Å². The molecule has 102 valence electrons. The SMILES string of the molecule is Cc1cscc1CNC(=O)C(C)CCCC(C)N. The summed E-state index contributed by atoms with van der Waals surface area (Å²) in [6.07, 6.45) is 2.92. The highest BCUT2D eigenvalue weighted by Crippen LogP contribution is 2.14. The van der Waals surface area contributed by atoms with Crippen LogP contribution in [0, 0.1) is 12.8 Å². The van der Waals surface area contributed by atoms with Crippen molar-refractivity contribution in [1.82, 2.24) is 5.32 Å². The summed E-state index contributed by atoms with van der Waals surface area (Å²) in [5.74, 6) is 0.216. The molecule has 1 rings (SSSR count). The third-order valence-electron chi connectivity index (χ3n) is 3.16. The largest absolute Gasteiger partial charge is 0.352 e. The highest BCUT2D eigenvalue weighted by molar-refractivity contribution is 7.08. The van der Waals surface area contributed by atoms with Crippen LogP contribution in [0.5, 0.6) is 0 Å². The second-order valence-corrected chi connectivity index (χ2v) is 5.85. The van der Waals surface area contributed by atoms with E-state index in [1.807, 2.05) is 13.8 Å². The lowest BCUT2D eigenvalue weighted by atomic mass is 10.0. The first kappa shape index (κ1) is 15.2. The molecule has 0 bridgehead atoms. The molecule has 3 nitrogen and oxygen atoms in total. The van der Waals surface area contributed by atoms with Crippen molar-refractivity contribution in [1.29, 1.82) is 0 Å². The van der Waals surface area contributed by atoms with Crippen LogP contribution < -0.4 is 11.1 Å². The molecular formula is C14H24N2OS. The Kier molecular flexibility index (Phi) is 6.36. The van der Waals surface area contributed by atoms with E-state index in [1.54, 1.807) is 11.3 Å². The van der Waals surface area contributed by atoms with Crippen molar-refractivity contribution >= 4 is 17.2 Å². The Balaban J connectivity index is 2.25. The fraction of sp³-hybridized carbons (Fsp3) is 0.643. The highest BCUT2D eigenvalue weighted by atomic mass is 32.1. The molecule has 18 heavy (non-hydrogen) atoms. The van der Waals surface area contributed by atoms with Crippen LogP contribution in [0.3, 0.4) is 0 Å². The second kappa shape index (κ2) is 7.54. The molecule has 0 aliphatic carbocycles. The molecular weight excluding hydrogens is 244 g/mol. The standard InChI is InChI=1S/C14H24N2OS/c1-10(5-4-6-12(3)15)14(17)16-7-13-9-18-8-11(13)2/h8-10,12H,4-7,15H2,1-3H3,(H,16,17). The van der Waals surface area contributed by atoms with Crippen LogP contribution >= 0.6 is 11.3 Å². The number of rotatable bonds is 7. The van der Waals surface area contributed by atoms with Gasteiger partial charge in [0, 0.05) is 18.5 Å². The predicted octanol–water partition coefficient (Wildman–Crippen LogP) is 2.83. The number of nitrogens with one attached hydrogen (secondary N) is 1. The number of thiophene rings is 1. The minimum atomic E-state index is 0.0719. The van der Waals surface area contributed by atoms with Gasteiger partial charge >= 0.3 is 0 Å². The Hall–Kier alpha value is -0.870. The molecule has 1 aromatic rings. The van der Waals surface area contributed by atoms with Crippen LogP contribution in [-0.2, 0) is 11.3 Å². The molecule has 1 aromatic heterocycles. The monoisotopic (exact) mass is 268 g/mol. The summed E-state index contributed by atoms with van der Waals surface area (Å²) >= 11 is 1.68. The molecule has 1 heterocycles. The number of amides is 1. The van der Waals surface area contributed by atoms with Crippen LogP contribution in [0.15, 0.2) is 10.8 Å². The lowest BCUT2D eigenvalue weighted by Crippen LogP contribution is -2.29. The summed E-state index contributed by atoms with van der Waals surface area (Å²) < 4.78 is 0. The highest BCUT2D eigenvalue weighted by Gasteiger charge is 2.12. The summed E-state index contributed by atoms with van der Waals surface area (Å²) in [5, 5.41) is 7.20. The van der Waals surface area contributed by atoms with E-state index in [9.17, 15) is 4.79 Å². The molecule has 3 N–H and O–H groups in total. The van der Waals surface area contributed by atoms with Gasteiger partial charge in [-0.1, -0.05) is 13.3 Å². The van der Waals surface area contributed by atoms with Gasteiger partial charge in [-0.25, -0.2) is 0 Å². The fourth-order valence-electron chi connectivity index (χ4n) is 1.80. The maximum absolute atomic E-state index is 11.9. The normalized spacial score (nSPS) is 14.2. The zero-order valence-corrected chi connectivity index (χ0v) is 12.3. The molecule has 4 heteroatoms. The van der Waals surface area contributed by atoms with Gasteiger partial charge < -0.3 is 11.1 Å². The van der Waals surface area contributed by atoms with Gasteiger partial charge in [-0.2, -0.15) is 11.3 Å². The van der Waals surface area contributed by atoms with E-state index < -0.39 is 0 Å². The first-order valence-electron chi connectivity index (χ1n) is 6.55. The van der Waals surface area contributed by atoms with Gasteiger partial charge in [-0.3, -0.25) is 4.79 Å². The van der Waals surface area contributed by atoms with Crippen molar-refractivity contribution in [2.45, 2.75) is 52.6 Å². The van der Waals surface area contributed by atoms with E-state index in [0.717, 1.165) is 19.3 Å². The number of aryl methyl sites for hydroxylation is 1. The molecule has 0 spiro atoms. The summed E-state index contributed by atoms with van der Waals surface area (Å²) in [6, 6.07) is 0.230. The number of hydrogen-bond acceptors (Lipinski definition) is 3. The van der Waals surface area contributed by atoms with E-state index in [0.29, 0.717) is 6.54 Å². The van der Waals surface area contributed by atoms with Crippen LogP contribution in [0.1, 0.15) is 44.2 Å². The first-order valence-corrected chi connectivity index (χ1v) is 7.50. The molecule has 0 fully saturated rings. The Morgan fingerprint density at radius 2 is 2.11 bits per heavy atom. The fourth-order valence-corrected chi connectivity index (χ4v) is 2.66. The van der Waals surface area contributed by atoms with Gasteiger partial charge in [-0.15, -0.1) is 0 Å². The predicted molar refractivity (Wildman–Crippen MR) is 77.6 cm³/mol. The van der Waals surface area contributed by atoms with Crippen LogP contribution in [0.25, 0.3) is 0 Å². The number of carbonyl (C=O) groups excluding carboxylic acids is 1. The smallest absolute Gasteiger partial charge is 0.223 e. The quantitative estimate of drug-likeness (QED) is 0.799. The minimum Gasteiger partial charge on any atom is -0.352 e. The van der Waals surface area contributed by atoms with Crippen LogP contribution in [-0.4, -0.2) is 11.9 Å². The molecule has 2 unspecified atom stereocenters. The molecule has 1 amide bonds. The summed E-state index contributed by atoms with van der Waals surface area (Å²) in [6.45, 7) is 6.71. The van der Waals surface area contributed by atoms with Crippen molar-refractivity contribution in [3.05, 3.63) is 21.9 Å². The van der Waals surface area contributed by atoms with E-state index in [4.69, 9.17) is 5.73 Å². The van der Waals surface area contributed by atoms with Crippen molar-refractivity contribution in [2.75, 3.05) is 0 Å². The number of nitrogens with two attached hydrogens (primary N) is 1. The minimum absolute atomic E-state index is 0.0719. The van der Waals surface area contributed by atoms with E-state index in [1.165, 1.54) is 11.1 Å². The lowest BCUT2D eigenvalue weighted by Gasteiger charge is -2.12. The zero-order valence-electron chi connectivity index (χ0n) is 11.5. The zero-order chi connectivity index (χ0) is 13.5. The molecule has 0 saturated carbocycles. The topological polar surface area (TPSA) is 55.1 Å². The lowest BCUT2D eigenvalue weighted by molar-refractivity contribution is -0.124. The van der Waals surface area contributed by atoms with Crippen LogP contribution in [0.4, 0.5) is 0 Å². The Labute approximate surface area is 114 Å². The maximum atomic E-state index is 11.9. The Morgan fingerprint density at radius 1 is 1.39 bits per heavy atom. The molecule has 0 aliphatic heterocycles. The van der Waals surface area contributed by atoms with E-state index in [-0.39, 0.29) is 17.9 Å². The van der Waals surface area contributed by atoms with E-state index in [2.05, 4.69) is 23.0 Å². The van der Waals surface area contributed by atoms with Gasteiger partial charge in [0.2, 0.25) is 5.91 Å². The summed E-state index contributed by atoms with van der Waals surface area (Å²) in [5.41, 5.74) is 8.17. The average molecular weight is 268 g/mol. The molecule has 0 radical (unpaired) electrons. The van der Waals surface area contributed by atoms with E-state index >= 15 is 0 Å². The Bertz CT molecular complexity index is 374. The number of hydrogen-bond donors (Lipinski definition) is 2. The van der Waals surface area contributed by atoms with Gasteiger partial charge in [0.15, 0.2) is 0 Å². The Morgan fingerprint density at radius 3 is 2.67 bits per heavy atom. The van der Waals surface area contributed by atoms with Crippen molar-refractivity contribution in [2.24, 2.45) is 11.7 Å². The molecule has 0 saturated heterocycles. The summed E-state index contributed by atoms with van der Waals surface area (Å²) in [4.78, 5) is 11.9. The van der Waals surface area contributed by atoms with Gasteiger partial charge in [-0.05, 0) is 48.6 Å². The van der Waals surface area contributed by atoms with Gasteiger partial charge in [0.05, 0.1) is 0 Å². The molecule has 0 aliphatic rings. The molecule has 2 atom stereocenters. The average Bonchev–Trinajstić information content (AvgIpc) is 2.71. The third-order valence-corrected chi connectivity index (χ3v) is 4.07. The van der Waals surface area contributed by atoms with Crippen molar-refractivity contribution in [3.8, 4) is 0 Å². The maximum Gasteiger partial charge on any atom is 0.223 e. The summed E-state index contributed by atoms with van der Waals surface area (Å²) in [7, 11) is 0. The van der Waals surface area contributed by atoms with Crippen LogP contribution in [0.2, 0.25) is 0 Å². The number of carbonyl (C=O) groups is 1.